The van der Waals surface area contributed by atoms with Gasteiger partial charge < -0.3 is 19.5 Å². The van der Waals surface area contributed by atoms with Crippen molar-refractivity contribution in [3.05, 3.63) is 93.3 Å². The van der Waals surface area contributed by atoms with Gasteiger partial charge in [-0.2, -0.15) is 0 Å². The van der Waals surface area contributed by atoms with Crippen LogP contribution >= 0.6 is 15.9 Å². The first kappa shape index (κ1) is 24.2. The summed E-state index contributed by atoms with van der Waals surface area (Å²) in [5, 5.41) is 2.67. The third kappa shape index (κ3) is 5.93. The molecule has 35 heavy (non-hydrogen) atoms. The lowest BCUT2D eigenvalue weighted by Gasteiger charge is -2.13. The first-order valence-electron chi connectivity index (χ1n) is 10.5. The smallest absolute Gasteiger partial charge is 0.363 e. The summed E-state index contributed by atoms with van der Waals surface area (Å²) in [6.07, 6.45) is 1.58. The number of rotatable bonds is 7. The maximum atomic E-state index is 13.1. The van der Waals surface area contributed by atoms with Crippen LogP contribution in [0.3, 0.4) is 0 Å². The third-order valence-electron chi connectivity index (χ3n) is 4.92. The maximum absolute atomic E-state index is 13.1. The molecule has 0 saturated carbocycles. The van der Waals surface area contributed by atoms with Gasteiger partial charge in [0.15, 0.2) is 17.2 Å². The molecule has 1 heterocycles. The lowest BCUT2D eigenvalue weighted by Crippen LogP contribution is -2.07. The van der Waals surface area contributed by atoms with Crippen LogP contribution in [0.4, 0.5) is 10.1 Å². The minimum absolute atomic E-state index is 0.125. The Balaban J connectivity index is 1.54. The van der Waals surface area contributed by atoms with Crippen LogP contribution in [0, 0.1) is 5.82 Å². The second-order valence-electron chi connectivity index (χ2n) is 7.54. The van der Waals surface area contributed by atoms with Gasteiger partial charge in [0.05, 0.1) is 11.6 Å². The Kier molecular flexibility index (Phi) is 7.26. The van der Waals surface area contributed by atoms with E-state index in [1.165, 1.54) is 26.2 Å². The van der Waals surface area contributed by atoms with Crippen molar-refractivity contribution < 1.29 is 28.2 Å². The fourth-order valence-corrected chi connectivity index (χ4v) is 3.86. The van der Waals surface area contributed by atoms with Crippen molar-refractivity contribution in [2.24, 2.45) is 4.99 Å². The highest BCUT2D eigenvalue weighted by atomic mass is 79.9. The molecule has 178 valence electrons. The Morgan fingerprint density at radius 3 is 2.51 bits per heavy atom. The van der Waals surface area contributed by atoms with E-state index in [-0.39, 0.29) is 29.9 Å². The highest BCUT2D eigenvalue weighted by Gasteiger charge is 2.24. The van der Waals surface area contributed by atoms with Crippen molar-refractivity contribution >= 4 is 45.5 Å². The Labute approximate surface area is 209 Å². The van der Waals surface area contributed by atoms with E-state index < -0.39 is 5.97 Å². The Hall–Kier alpha value is -3.98. The Morgan fingerprint density at radius 2 is 1.86 bits per heavy atom. The first-order chi connectivity index (χ1) is 16.8. The molecule has 0 fully saturated rings. The van der Waals surface area contributed by atoms with Crippen LogP contribution in [-0.4, -0.2) is 24.9 Å². The number of carbonyl (C=O) groups is 2. The number of hydrogen-bond donors (Lipinski definition) is 1. The summed E-state index contributed by atoms with van der Waals surface area (Å²) in [6.45, 7) is 1.64. The molecule has 3 aromatic carbocycles. The lowest BCUT2D eigenvalue weighted by molar-refractivity contribution is -0.129. The van der Waals surface area contributed by atoms with Crippen LogP contribution in [0.2, 0.25) is 0 Å². The maximum Gasteiger partial charge on any atom is 0.363 e. The predicted octanol–water partition coefficient (Wildman–Crippen LogP) is 5.48. The zero-order chi connectivity index (χ0) is 24.9. The van der Waals surface area contributed by atoms with Gasteiger partial charge in [-0.25, -0.2) is 14.2 Å². The minimum atomic E-state index is -0.585. The van der Waals surface area contributed by atoms with Gasteiger partial charge in [0.2, 0.25) is 11.8 Å². The molecule has 3 aromatic rings. The van der Waals surface area contributed by atoms with E-state index in [4.69, 9.17) is 14.2 Å². The molecule has 4 rings (SSSR count). The average molecular weight is 539 g/mol. The zero-order valence-electron chi connectivity index (χ0n) is 18.8. The molecule has 0 atom stereocenters. The largest absolute Gasteiger partial charge is 0.493 e. The Bertz CT molecular complexity index is 1340. The predicted molar refractivity (Wildman–Crippen MR) is 133 cm³/mol. The summed E-state index contributed by atoms with van der Waals surface area (Å²) in [4.78, 5) is 27.9. The number of carbonyl (C=O) groups excluding carboxylic acids is 2. The summed E-state index contributed by atoms with van der Waals surface area (Å²) in [5.74, 6) is -0.00307. The number of hydrogen-bond acceptors (Lipinski definition) is 6. The van der Waals surface area contributed by atoms with Gasteiger partial charge in [0.25, 0.3) is 0 Å². The van der Waals surface area contributed by atoms with E-state index in [2.05, 4.69) is 26.2 Å². The van der Waals surface area contributed by atoms with E-state index in [1.807, 2.05) is 0 Å². The van der Waals surface area contributed by atoms with Crippen molar-refractivity contribution in [1.82, 2.24) is 0 Å². The van der Waals surface area contributed by atoms with E-state index in [0.717, 1.165) is 5.56 Å². The molecule has 9 heteroatoms. The summed E-state index contributed by atoms with van der Waals surface area (Å²) < 4.78 is 30.4. The number of nitrogens with one attached hydrogen (secondary N) is 1. The van der Waals surface area contributed by atoms with Crippen molar-refractivity contribution in [2.45, 2.75) is 13.5 Å². The van der Waals surface area contributed by atoms with Gasteiger partial charge in [-0.15, -0.1) is 0 Å². The van der Waals surface area contributed by atoms with Crippen molar-refractivity contribution in [3.63, 3.8) is 0 Å². The van der Waals surface area contributed by atoms with E-state index in [1.54, 1.807) is 54.6 Å². The van der Waals surface area contributed by atoms with Crippen LogP contribution in [0.15, 0.2) is 75.8 Å². The summed E-state index contributed by atoms with van der Waals surface area (Å²) in [6, 6.07) is 16.3. The van der Waals surface area contributed by atoms with Gasteiger partial charge in [0, 0.05) is 18.2 Å². The monoisotopic (exact) mass is 538 g/mol. The number of cyclic esters (lactones) is 1. The summed E-state index contributed by atoms with van der Waals surface area (Å²) >= 11 is 3.48. The first-order valence-corrected chi connectivity index (χ1v) is 11.3. The van der Waals surface area contributed by atoms with Gasteiger partial charge in [0.1, 0.15) is 12.4 Å². The van der Waals surface area contributed by atoms with E-state index >= 15 is 0 Å². The van der Waals surface area contributed by atoms with Crippen molar-refractivity contribution in [3.8, 4) is 11.5 Å². The zero-order valence-corrected chi connectivity index (χ0v) is 20.4. The molecule has 0 radical (unpaired) electrons. The van der Waals surface area contributed by atoms with Crippen LogP contribution in [0.5, 0.6) is 11.5 Å². The number of benzene rings is 3. The number of nitrogens with zero attached hydrogens (tertiary/aromatic N) is 1. The number of halogens is 2. The number of esters is 1. The normalized spacial score (nSPS) is 13.9. The molecular formula is C26H20BrFN2O5. The summed E-state index contributed by atoms with van der Waals surface area (Å²) in [5.41, 5.74) is 2.78. The fraction of sp³-hybridized carbons (Fsp3) is 0.115. The molecule has 0 bridgehead atoms. The van der Waals surface area contributed by atoms with Crippen LogP contribution < -0.4 is 14.8 Å². The highest BCUT2D eigenvalue weighted by Crippen LogP contribution is 2.38. The molecule has 0 unspecified atom stereocenters. The molecule has 0 spiro atoms. The SMILES string of the molecule is COc1cc(/C=C2\N=C(c3ccc(NC(C)=O)cc3)OC2=O)cc(Br)c1OCc1ccc(F)cc1. The fourth-order valence-electron chi connectivity index (χ4n) is 3.29. The average Bonchev–Trinajstić information content (AvgIpc) is 3.19. The van der Waals surface area contributed by atoms with Crippen molar-refractivity contribution in [1.29, 1.82) is 0 Å². The van der Waals surface area contributed by atoms with Crippen LogP contribution in [0.25, 0.3) is 6.08 Å². The third-order valence-corrected chi connectivity index (χ3v) is 5.51. The molecule has 0 saturated heterocycles. The topological polar surface area (TPSA) is 86.2 Å². The number of methoxy groups -OCH3 is 1. The molecule has 1 aliphatic heterocycles. The minimum Gasteiger partial charge on any atom is -0.493 e. The molecular weight excluding hydrogens is 519 g/mol. The highest BCUT2D eigenvalue weighted by molar-refractivity contribution is 9.10. The lowest BCUT2D eigenvalue weighted by atomic mass is 10.1. The number of anilines is 1. The number of aliphatic imine (C=N–C) groups is 1. The molecule has 0 aliphatic carbocycles. The molecule has 1 amide bonds. The van der Waals surface area contributed by atoms with Gasteiger partial charge in [-0.05, 0) is 81.7 Å². The Morgan fingerprint density at radius 1 is 1.14 bits per heavy atom. The molecule has 1 aliphatic rings. The molecule has 7 nitrogen and oxygen atoms in total. The summed E-state index contributed by atoms with van der Waals surface area (Å²) in [7, 11) is 1.51. The van der Waals surface area contributed by atoms with E-state index in [9.17, 15) is 14.0 Å². The second kappa shape index (κ2) is 10.5. The number of ether oxygens (including phenoxy) is 3. The van der Waals surface area contributed by atoms with Gasteiger partial charge in [-0.3, -0.25) is 4.79 Å². The van der Waals surface area contributed by atoms with Crippen LogP contribution in [0.1, 0.15) is 23.6 Å². The second-order valence-corrected chi connectivity index (χ2v) is 8.40. The van der Waals surface area contributed by atoms with Crippen LogP contribution in [-0.2, 0) is 20.9 Å². The quantitative estimate of drug-likeness (QED) is 0.318. The number of amides is 1. The van der Waals surface area contributed by atoms with Gasteiger partial charge >= 0.3 is 5.97 Å². The van der Waals surface area contributed by atoms with Crippen molar-refractivity contribution in [2.75, 3.05) is 12.4 Å². The van der Waals surface area contributed by atoms with Gasteiger partial charge in [-0.1, -0.05) is 12.1 Å². The standard InChI is InChI=1S/C26H20BrFN2O5/c1-15(31)29-20-9-5-18(6-10-20)25-30-22(26(32)35-25)12-17-11-21(27)24(23(13-17)33-2)34-14-16-3-7-19(28)8-4-16/h3-13H,14H2,1-2H3,(H,29,31)/b22-12-. The van der Waals surface area contributed by atoms with E-state index in [0.29, 0.717) is 32.8 Å². The molecule has 1 N–H and O–H groups in total. The molecule has 0 aromatic heterocycles.